The molecule has 6 nitrogen and oxygen atoms in total. The van der Waals surface area contributed by atoms with Crippen LogP contribution in [0, 0.1) is 11.8 Å². The number of anilines is 1. The van der Waals surface area contributed by atoms with Crippen LogP contribution in [0.4, 0.5) is 5.69 Å². The molecule has 0 bridgehead atoms. The smallest absolute Gasteiger partial charge is 0.231 e. The van der Waals surface area contributed by atoms with Crippen LogP contribution in [-0.4, -0.2) is 23.0 Å². The van der Waals surface area contributed by atoms with E-state index in [1.807, 2.05) is 24.3 Å². The second-order valence-corrected chi connectivity index (χ2v) is 9.28. The second kappa shape index (κ2) is 10.8. The minimum Gasteiger partial charge on any atom is -0.340 e. The number of halogens is 1. The van der Waals surface area contributed by atoms with Crippen LogP contribution in [0.15, 0.2) is 48.8 Å². The van der Waals surface area contributed by atoms with Crippen LogP contribution in [0.3, 0.4) is 0 Å². The standard InChI is InChI=1S/C24H29ClN4O2.Fe/c25-19-7-5-18(6-8-19)24(11-12-24)23(31)29-21(26)15-16-1-3-17(4-2-16)22(30)28-20-9-13-27-14-10-20;/h5-10,13-14,16-17,21H,1-4,11-12,15,26H2,(H,29,31)(H,27,28,30);. The SMILES string of the molecule is NC(CC1CCC(C(=O)Nc2ccncc2)CC1)NC(=O)C1(c2ccc(Cl)cc2)CC1.[Fe]. The van der Waals surface area contributed by atoms with Crippen LogP contribution in [0.5, 0.6) is 0 Å². The van der Waals surface area contributed by atoms with Gasteiger partial charge < -0.3 is 16.4 Å². The number of hydrogen-bond donors (Lipinski definition) is 3. The average Bonchev–Trinajstić information content (AvgIpc) is 3.57. The van der Waals surface area contributed by atoms with Gasteiger partial charge in [-0.1, -0.05) is 23.7 Å². The third-order valence-electron chi connectivity index (χ3n) is 6.65. The van der Waals surface area contributed by atoms with Gasteiger partial charge in [0.05, 0.1) is 11.6 Å². The topological polar surface area (TPSA) is 97.1 Å². The molecule has 2 amide bonds. The van der Waals surface area contributed by atoms with Crippen LogP contribution in [0.1, 0.15) is 50.5 Å². The van der Waals surface area contributed by atoms with Crippen molar-refractivity contribution in [3.63, 3.8) is 0 Å². The van der Waals surface area contributed by atoms with Gasteiger partial charge in [0.25, 0.3) is 0 Å². The van der Waals surface area contributed by atoms with E-state index in [1.54, 1.807) is 24.5 Å². The minimum atomic E-state index is -0.453. The molecule has 0 spiro atoms. The molecule has 4 rings (SSSR count). The van der Waals surface area contributed by atoms with Gasteiger partial charge >= 0.3 is 0 Å². The number of benzene rings is 1. The van der Waals surface area contributed by atoms with Crippen molar-refractivity contribution in [3.8, 4) is 0 Å². The zero-order chi connectivity index (χ0) is 21.8. The number of aromatic nitrogens is 1. The molecule has 1 aromatic heterocycles. The van der Waals surface area contributed by atoms with E-state index in [0.717, 1.165) is 56.2 Å². The largest absolute Gasteiger partial charge is 0.340 e. The van der Waals surface area contributed by atoms with Crippen LogP contribution in [-0.2, 0) is 32.1 Å². The molecule has 1 atom stereocenters. The maximum atomic E-state index is 12.9. The monoisotopic (exact) mass is 496 g/mol. The number of carbonyl (C=O) groups is 2. The van der Waals surface area contributed by atoms with Crippen molar-refractivity contribution < 1.29 is 26.7 Å². The Balaban J connectivity index is 0.00000289. The van der Waals surface area contributed by atoms with Crippen molar-refractivity contribution in [2.45, 2.75) is 56.5 Å². The predicted octanol–water partition coefficient (Wildman–Crippen LogP) is 4.00. The van der Waals surface area contributed by atoms with Crippen LogP contribution in [0.25, 0.3) is 0 Å². The summed E-state index contributed by atoms with van der Waals surface area (Å²) >= 11 is 5.98. The Hall–Kier alpha value is -1.92. The number of carbonyl (C=O) groups excluding carboxylic acids is 2. The quantitative estimate of drug-likeness (QED) is 0.399. The molecular formula is C24H29ClFeN4O2. The molecule has 1 unspecified atom stereocenters. The number of nitrogens with two attached hydrogens (primary N) is 1. The molecule has 32 heavy (non-hydrogen) atoms. The van der Waals surface area contributed by atoms with Gasteiger partial charge in [0, 0.05) is 46.1 Å². The fourth-order valence-corrected chi connectivity index (χ4v) is 4.73. The van der Waals surface area contributed by atoms with Crippen molar-refractivity contribution in [2.24, 2.45) is 17.6 Å². The second-order valence-electron chi connectivity index (χ2n) is 8.85. The summed E-state index contributed by atoms with van der Waals surface area (Å²) in [6.45, 7) is 0. The molecule has 4 N–H and O–H groups in total. The number of nitrogens with zero attached hydrogens (tertiary/aromatic N) is 1. The van der Waals surface area contributed by atoms with Crippen molar-refractivity contribution in [2.75, 3.05) is 5.32 Å². The Labute approximate surface area is 204 Å². The summed E-state index contributed by atoms with van der Waals surface area (Å²) in [5.74, 6) is 0.523. The van der Waals surface area contributed by atoms with Gasteiger partial charge in [-0.3, -0.25) is 14.6 Å². The molecule has 2 aliphatic carbocycles. The fraction of sp³-hybridized carbons (Fsp3) is 0.458. The van der Waals surface area contributed by atoms with Gasteiger partial charge in [0.15, 0.2) is 0 Å². The summed E-state index contributed by atoms with van der Waals surface area (Å²) in [6.07, 6.45) is 8.96. The van der Waals surface area contributed by atoms with Gasteiger partial charge in [-0.05, 0) is 80.7 Å². The fourth-order valence-electron chi connectivity index (χ4n) is 4.61. The summed E-state index contributed by atoms with van der Waals surface area (Å²) < 4.78 is 0. The molecule has 2 saturated carbocycles. The third-order valence-corrected chi connectivity index (χ3v) is 6.90. The van der Waals surface area contributed by atoms with Gasteiger partial charge in [-0.15, -0.1) is 0 Å². The van der Waals surface area contributed by atoms with E-state index in [9.17, 15) is 9.59 Å². The van der Waals surface area contributed by atoms with Crippen molar-refractivity contribution in [1.82, 2.24) is 10.3 Å². The molecule has 2 aromatic rings. The first-order chi connectivity index (χ1) is 15.0. The maximum absolute atomic E-state index is 12.9. The Morgan fingerprint density at radius 1 is 1.06 bits per heavy atom. The first-order valence-electron chi connectivity index (χ1n) is 11.0. The van der Waals surface area contributed by atoms with E-state index in [0.29, 0.717) is 10.9 Å². The van der Waals surface area contributed by atoms with Gasteiger partial charge in [0.1, 0.15) is 0 Å². The predicted molar refractivity (Wildman–Crippen MR) is 121 cm³/mol. The van der Waals surface area contributed by atoms with Gasteiger partial charge in [-0.2, -0.15) is 0 Å². The third kappa shape index (κ3) is 5.90. The average molecular weight is 497 g/mol. The van der Waals surface area contributed by atoms with Crippen molar-refractivity contribution in [1.29, 1.82) is 0 Å². The molecule has 2 aliphatic rings. The molecule has 0 aliphatic heterocycles. The van der Waals surface area contributed by atoms with E-state index < -0.39 is 5.41 Å². The zero-order valence-corrected chi connectivity index (χ0v) is 19.7. The number of rotatable bonds is 7. The number of hydrogen-bond acceptors (Lipinski definition) is 4. The zero-order valence-electron chi connectivity index (χ0n) is 17.9. The van der Waals surface area contributed by atoms with Gasteiger partial charge in [-0.25, -0.2) is 0 Å². The molecule has 172 valence electrons. The molecule has 2 fully saturated rings. The number of nitrogens with one attached hydrogen (secondary N) is 2. The summed E-state index contributed by atoms with van der Waals surface area (Å²) in [5.41, 5.74) is 7.62. The Morgan fingerprint density at radius 3 is 2.28 bits per heavy atom. The molecule has 0 saturated heterocycles. The van der Waals surface area contributed by atoms with Crippen molar-refractivity contribution in [3.05, 3.63) is 59.4 Å². The van der Waals surface area contributed by atoms with Gasteiger partial charge in [0.2, 0.25) is 11.8 Å². The van der Waals surface area contributed by atoms with Crippen LogP contribution in [0.2, 0.25) is 5.02 Å². The first-order valence-corrected chi connectivity index (χ1v) is 11.4. The molecule has 8 heteroatoms. The molecular weight excluding hydrogens is 468 g/mol. The first kappa shape index (κ1) is 24.7. The summed E-state index contributed by atoms with van der Waals surface area (Å²) in [5, 5.41) is 6.67. The van der Waals surface area contributed by atoms with E-state index >= 15 is 0 Å². The minimum absolute atomic E-state index is 0. The van der Waals surface area contributed by atoms with Crippen molar-refractivity contribution >= 4 is 29.1 Å². The molecule has 1 heterocycles. The summed E-state index contributed by atoms with van der Waals surface area (Å²) in [4.78, 5) is 29.4. The van der Waals surface area contributed by atoms with Crippen LogP contribution >= 0.6 is 11.6 Å². The molecule has 1 aromatic carbocycles. The maximum Gasteiger partial charge on any atom is 0.231 e. The summed E-state index contributed by atoms with van der Waals surface area (Å²) in [7, 11) is 0. The summed E-state index contributed by atoms with van der Waals surface area (Å²) in [6, 6.07) is 11.1. The van der Waals surface area contributed by atoms with E-state index in [2.05, 4.69) is 15.6 Å². The van der Waals surface area contributed by atoms with E-state index in [-0.39, 0.29) is 41.0 Å². The van der Waals surface area contributed by atoms with E-state index in [4.69, 9.17) is 17.3 Å². The van der Waals surface area contributed by atoms with Crippen LogP contribution < -0.4 is 16.4 Å². The number of amides is 2. The number of pyridine rings is 1. The Kier molecular flexibility index (Phi) is 8.34. The molecule has 0 radical (unpaired) electrons. The normalized spacial score (nSPS) is 22.2. The Bertz CT molecular complexity index is 913. The Morgan fingerprint density at radius 2 is 1.69 bits per heavy atom. The van der Waals surface area contributed by atoms with E-state index in [1.165, 1.54) is 0 Å².